The number of H-pyrrole nitrogens is 1. The molecule has 0 fully saturated rings. The van der Waals surface area contributed by atoms with Crippen molar-refractivity contribution in [1.29, 1.82) is 0 Å². The molecule has 2 aliphatic heterocycles. The number of amides is 1. The fourth-order valence-electron chi connectivity index (χ4n) is 3.64. The van der Waals surface area contributed by atoms with Crippen LogP contribution in [0.5, 0.6) is 11.5 Å². The van der Waals surface area contributed by atoms with Crippen LogP contribution in [0, 0.1) is 6.92 Å². The number of aromatic amines is 1. The fourth-order valence-corrected chi connectivity index (χ4v) is 3.64. The second-order valence-corrected chi connectivity index (χ2v) is 6.66. The van der Waals surface area contributed by atoms with Crippen molar-refractivity contribution in [1.82, 2.24) is 10.2 Å². The summed E-state index contributed by atoms with van der Waals surface area (Å²) in [7, 11) is 0. The maximum atomic E-state index is 12.3. The SMILES string of the molecule is Cc1ccc(-c2[nH]ncc2[C@H]2CC(=O)Nc3cc4c(cc32)OCO4)cc1. The number of carbonyl (C=O) groups excluding carboxylic acids is 1. The zero-order chi connectivity index (χ0) is 17.7. The van der Waals surface area contributed by atoms with Crippen molar-refractivity contribution < 1.29 is 14.3 Å². The lowest BCUT2D eigenvalue weighted by Crippen LogP contribution is -2.23. The van der Waals surface area contributed by atoms with Gasteiger partial charge in [0.05, 0.1) is 11.9 Å². The van der Waals surface area contributed by atoms with E-state index in [0.29, 0.717) is 17.9 Å². The first-order chi connectivity index (χ1) is 12.7. The Kier molecular flexibility index (Phi) is 3.25. The molecule has 3 heterocycles. The minimum atomic E-state index is -0.0942. The molecule has 5 rings (SSSR count). The van der Waals surface area contributed by atoms with Crippen LogP contribution in [0.2, 0.25) is 0 Å². The number of fused-ring (bicyclic) bond motifs is 2. The fraction of sp³-hybridized carbons (Fsp3) is 0.200. The van der Waals surface area contributed by atoms with E-state index in [1.54, 1.807) is 0 Å². The Bertz CT molecular complexity index is 1010. The van der Waals surface area contributed by atoms with Crippen molar-refractivity contribution in [2.75, 3.05) is 12.1 Å². The highest BCUT2D eigenvalue weighted by Crippen LogP contribution is 2.46. The summed E-state index contributed by atoms with van der Waals surface area (Å²) < 4.78 is 11.0. The summed E-state index contributed by atoms with van der Waals surface area (Å²) in [4.78, 5) is 12.3. The van der Waals surface area contributed by atoms with Crippen molar-refractivity contribution in [2.45, 2.75) is 19.3 Å². The first kappa shape index (κ1) is 15.0. The average molecular weight is 347 g/mol. The predicted molar refractivity (Wildman–Crippen MR) is 96.4 cm³/mol. The molecule has 0 saturated carbocycles. The van der Waals surface area contributed by atoms with Crippen molar-refractivity contribution in [3.63, 3.8) is 0 Å². The Hall–Kier alpha value is -3.28. The van der Waals surface area contributed by atoms with E-state index in [9.17, 15) is 4.79 Å². The first-order valence-corrected chi connectivity index (χ1v) is 8.53. The number of ether oxygens (including phenoxy) is 2. The van der Waals surface area contributed by atoms with Gasteiger partial charge < -0.3 is 14.8 Å². The van der Waals surface area contributed by atoms with Crippen LogP contribution in [0.1, 0.15) is 29.0 Å². The predicted octanol–water partition coefficient (Wildman–Crippen LogP) is 3.59. The second-order valence-electron chi connectivity index (χ2n) is 6.66. The Labute approximate surface area is 150 Å². The first-order valence-electron chi connectivity index (χ1n) is 8.53. The van der Waals surface area contributed by atoms with Gasteiger partial charge in [-0.15, -0.1) is 0 Å². The molecule has 1 aromatic heterocycles. The smallest absolute Gasteiger partial charge is 0.231 e. The van der Waals surface area contributed by atoms with Crippen molar-refractivity contribution >= 4 is 11.6 Å². The van der Waals surface area contributed by atoms with Crippen LogP contribution >= 0.6 is 0 Å². The molecule has 2 N–H and O–H groups in total. The van der Waals surface area contributed by atoms with Gasteiger partial charge in [0.1, 0.15) is 0 Å². The van der Waals surface area contributed by atoms with E-state index >= 15 is 0 Å². The quantitative estimate of drug-likeness (QED) is 0.743. The molecule has 26 heavy (non-hydrogen) atoms. The number of aryl methyl sites for hydroxylation is 1. The van der Waals surface area contributed by atoms with Crippen molar-refractivity contribution in [2.24, 2.45) is 0 Å². The largest absolute Gasteiger partial charge is 0.454 e. The van der Waals surface area contributed by atoms with E-state index in [-0.39, 0.29) is 18.6 Å². The van der Waals surface area contributed by atoms with Crippen LogP contribution in [0.15, 0.2) is 42.6 Å². The topological polar surface area (TPSA) is 76.2 Å². The second kappa shape index (κ2) is 5.62. The summed E-state index contributed by atoms with van der Waals surface area (Å²) in [6.45, 7) is 2.26. The number of hydrogen-bond acceptors (Lipinski definition) is 4. The number of aromatic nitrogens is 2. The summed E-state index contributed by atoms with van der Waals surface area (Å²) in [5.41, 5.74) is 5.98. The summed E-state index contributed by atoms with van der Waals surface area (Å²) in [5, 5.41) is 10.3. The molecule has 6 nitrogen and oxygen atoms in total. The highest BCUT2D eigenvalue weighted by atomic mass is 16.7. The van der Waals surface area contributed by atoms with Gasteiger partial charge in [-0.25, -0.2) is 0 Å². The summed E-state index contributed by atoms with van der Waals surface area (Å²) in [6.07, 6.45) is 2.18. The average Bonchev–Trinajstić information content (AvgIpc) is 3.28. The molecule has 0 radical (unpaired) electrons. The van der Waals surface area contributed by atoms with Gasteiger partial charge in [0.15, 0.2) is 11.5 Å². The van der Waals surface area contributed by atoms with Crippen LogP contribution in [0.4, 0.5) is 5.69 Å². The Balaban J connectivity index is 1.63. The monoisotopic (exact) mass is 347 g/mol. The van der Waals surface area contributed by atoms with E-state index < -0.39 is 0 Å². The molecule has 0 aliphatic carbocycles. The highest BCUT2D eigenvalue weighted by molar-refractivity contribution is 5.96. The molecule has 3 aromatic rings. The Morgan fingerprint density at radius 2 is 1.85 bits per heavy atom. The molecular formula is C20H17N3O3. The lowest BCUT2D eigenvalue weighted by Gasteiger charge is -2.26. The molecule has 1 amide bonds. The Morgan fingerprint density at radius 1 is 1.08 bits per heavy atom. The van der Waals surface area contributed by atoms with Gasteiger partial charge >= 0.3 is 0 Å². The zero-order valence-corrected chi connectivity index (χ0v) is 14.2. The number of carbonyl (C=O) groups is 1. The molecule has 6 heteroatoms. The number of benzene rings is 2. The zero-order valence-electron chi connectivity index (χ0n) is 14.2. The number of hydrogen-bond donors (Lipinski definition) is 2. The van der Waals surface area contributed by atoms with Gasteiger partial charge in [-0.2, -0.15) is 5.10 Å². The summed E-state index contributed by atoms with van der Waals surface area (Å²) in [6, 6.07) is 12.1. The van der Waals surface area contributed by atoms with Crippen LogP contribution in [0.3, 0.4) is 0 Å². The van der Waals surface area contributed by atoms with Crippen LogP contribution in [-0.2, 0) is 4.79 Å². The summed E-state index contributed by atoms with van der Waals surface area (Å²) >= 11 is 0. The highest BCUT2D eigenvalue weighted by Gasteiger charge is 2.32. The summed E-state index contributed by atoms with van der Waals surface area (Å²) in [5.74, 6) is 1.27. The van der Waals surface area contributed by atoms with Crippen LogP contribution < -0.4 is 14.8 Å². The number of nitrogens with zero attached hydrogens (tertiary/aromatic N) is 1. The third-order valence-electron chi connectivity index (χ3n) is 4.97. The van der Waals surface area contributed by atoms with Crippen LogP contribution in [0.25, 0.3) is 11.3 Å². The van der Waals surface area contributed by atoms with Crippen LogP contribution in [-0.4, -0.2) is 22.9 Å². The molecular weight excluding hydrogens is 330 g/mol. The molecule has 130 valence electrons. The van der Waals surface area contributed by atoms with Crippen molar-refractivity contribution in [3.8, 4) is 22.8 Å². The third-order valence-corrected chi connectivity index (χ3v) is 4.97. The van der Waals surface area contributed by atoms with Gasteiger partial charge in [-0.3, -0.25) is 9.89 Å². The normalized spacial score (nSPS) is 17.7. The van der Waals surface area contributed by atoms with Gasteiger partial charge in [0.2, 0.25) is 12.7 Å². The van der Waals surface area contributed by atoms with E-state index in [1.807, 2.05) is 18.3 Å². The molecule has 0 saturated heterocycles. The molecule has 0 unspecified atom stereocenters. The third kappa shape index (κ3) is 2.34. The van der Waals surface area contributed by atoms with E-state index in [0.717, 1.165) is 28.1 Å². The van der Waals surface area contributed by atoms with Crippen molar-refractivity contribution in [3.05, 3.63) is 59.3 Å². The molecule has 1 atom stereocenters. The number of nitrogens with one attached hydrogen (secondary N) is 2. The lowest BCUT2D eigenvalue weighted by atomic mass is 9.83. The maximum Gasteiger partial charge on any atom is 0.231 e. The van der Waals surface area contributed by atoms with Gasteiger partial charge in [0, 0.05) is 29.7 Å². The minimum Gasteiger partial charge on any atom is -0.454 e. The van der Waals surface area contributed by atoms with E-state index in [1.165, 1.54) is 5.56 Å². The molecule has 0 bridgehead atoms. The number of rotatable bonds is 2. The lowest BCUT2D eigenvalue weighted by molar-refractivity contribution is -0.116. The molecule has 2 aromatic carbocycles. The minimum absolute atomic E-state index is 0.0163. The molecule has 2 aliphatic rings. The Morgan fingerprint density at radius 3 is 2.65 bits per heavy atom. The standard InChI is InChI=1S/C20H17N3O3/c1-11-2-4-12(5-3-11)20-15(9-21-23-20)13-7-19(24)22-16-8-18-17(6-14(13)16)25-10-26-18/h2-6,8-9,13H,7,10H2,1H3,(H,21,23)(H,22,24)/t13-/m0/s1. The van der Waals surface area contributed by atoms with Gasteiger partial charge in [-0.05, 0) is 24.1 Å². The van der Waals surface area contributed by atoms with Gasteiger partial charge in [-0.1, -0.05) is 29.8 Å². The number of anilines is 1. The maximum absolute atomic E-state index is 12.3. The van der Waals surface area contributed by atoms with Gasteiger partial charge in [0.25, 0.3) is 0 Å². The van der Waals surface area contributed by atoms with E-state index in [2.05, 4.69) is 46.7 Å². The molecule has 0 spiro atoms. The van der Waals surface area contributed by atoms with E-state index in [4.69, 9.17) is 9.47 Å².